The molecule has 1 aromatic rings. The Morgan fingerprint density at radius 3 is 2.50 bits per heavy atom. The molecule has 18 heavy (non-hydrogen) atoms. The van der Waals surface area contributed by atoms with E-state index < -0.39 is 18.1 Å². The van der Waals surface area contributed by atoms with Crippen molar-refractivity contribution in [1.29, 1.82) is 0 Å². The van der Waals surface area contributed by atoms with Gasteiger partial charge in [0.15, 0.2) is 0 Å². The van der Waals surface area contributed by atoms with Crippen molar-refractivity contribution < 1.29 is 13.2 Å². The van der Waals surface area contributed by atoms with Gasteiger partial charge < -0.3 is 4.74 Å². The molecule has 0 aromatic carbocycles. The van der Waals surface area contributed by atoms with Crippen LogP contribution >= 0.6 is 11.3 Å². The number of aryl methyl sites for hydroxylation is 1. The third kappa shape index (κ3) is 5.19. The average Bonchev–Trinajstić information content (AvgIpc) is 2.52. The molecule has 0 aliphatic heterocycles. The Bertz CT molecular complexity index is 503. The summed E-state index contributed by atoms with van der Waals surface area (Å²) in [6, 6.07) is 2.90. The number of nitrogens with two attached hydrogens (primary N) is 1. The van der Waals surface area contributed by atoms with E-state index in [9.17, 15) is 8.42 Å². The summed E-state index contributed by atoms with van der Waals surface area (Å²) >= 11 is 1.20. The number of sulfonamides is 1. The molecule has 1 rings (SSSR count). The quantitative estimate of drug-likeness (QED) is 0.648. The van der Waals surface area contributed by atoms with Crippen LogP contribution in [-0.4, -0.2) is 23.1 Å². The van der Waals surface area contributed by atoms with E-state index in [4.69, 9.17) is 9.88 Å². The van der Waals surface area contributed by atoms with Gasteiger partial charge in [0.2, 0.25) is 10.0 Å². The van der Waals surface area contributed by atoms with E-state index in [2.05, 4.69) is 19.6 Å². The predicted molar refractivity (Wildman–Crippen MR) is 78.2 cm³/mol. The van der Waals surface area contributed by atoms with Crippen LogP contribution in [0.4, 0.5) is 0 Å². The summed E-state index contributed by atoms with van der Waals surface area (Å²) in [4.78, 5) is 0.933. The maximum atomic E-state index is 11.4. The fourth-order valence-corrected chi connectivity index (χ4v) is 4.29. The van der Waals surface area contributed by atoms with Gasteiger partial charge in [-0.25, -0.2) is 13.6 Å². The summed E-state index contributed by atoms with van der Waals surface area (Å²) in [5, 5.41) is 5.18. The summed E-state index contributed by atoms with van der Waals surface area (Å²) in [7, 11) is -4.74. The molecule has 0 atom stereocenters. The lowest BCUT2D eigenvalue weighted by Gasteiger charge is -2.15. The molecule has 4 nitrogen and oxygen atoms in total. The first-order chi connectivity index (χ1) is 8.09. The van der Waals surface area contributed by atoms with Crippen LogP contribution in [0.15, 0.2) is 10.3 Å². The monoisotopic (exact) mass is 307 g/mol. The second kappa shape index (κ2) is 5.83. The Labute approximate surface area is 114 Å². The van der Waals surface area contributed by atoms with Crippen LogP contribution in [-0.2, 0) is 21.4 Å². The fraction of sp³-hybridized carbons (Fsp3) is 0.636. The average molecular weight is 308 g/mol. The van der Waals surface area contributed by atoms with Gasteiger partial charge in [0.25, 0.3) is 0 Å². The molecule has 0 spiro atoms. The lowest BCUT2D eigenvalue weighted by atomic mass is 10.3. The number of thiophene rings is 1. The maximum absolute atomic E-state index is 11.4. The standard InChI is InChI=1S/C11H21NO3S2Si/c1-9-7-10(11(16-9)17(12,13)14)8-15-5-6-18(2,3)4/h7H,5-6,8H2,1-4H3,(H2,12,13,14). The van der Waals surface area contributed by atoms with Gasteiger partial charge in [-0.05, 0) is 19.0 Å². The van der Waals surface area contributed by atoms with E-state index in [1.807, 2.05) is 13.0 Å². The molecule has 7 heteroatoms. The van der Waals surface area contributed by atoms with Crippen LogP contribution in [0.2, 0.25) is 25.7 Å². The normalized spacial score (nSPS) is 12.9. The first-order valence-electron chi connectivity index (χ1n) is 5.79. The summed E-state index contributed by atoms with van der Waals surface area (Å²) in [6.45, 7) is 9.70. The Kier molecular flexibility index (Phi) is 5.13. The predicted octanol–water partition coefficient (Wildman–Crippen LogP) is 2.56. The zero-order chi connectivity index (χ0) is 14.0. The number of rotatable bonds is 6. The smallest absolute Gasteiger partial charge is 0.247 e. The Morgan fingerprint density at radius 2 is 2.00 bits per heavy atom. The molecular weight excluding hydrogens is 286 g/mol. The number of hydrogen-bond acceptors (Lipinski definition) is 4. The van der Waals surface area contributed by atoms with Crippen LogP contribution in [0.3, 0.4) is 0 Å². The zero-order valence-corrected chi connectivity index (χ0v) is 14.0. The molecule has 2 N–H and O–H groups in total. The molecule has 0 saturated heterocycles. The lowest BCUT2D eigenvalue weighted by molar-refractivity contribution is 0.132. The molecule has 0 aliphatic carbocycles. The molecule has 0 saturated carbocycles. The van der Waals surface area contributed by atoms with Crippen molar-refractivity contribution in [3.05, 3.63) is 16.5 Å². The van der Waals surface area contributed by atoms with Gasteiger partial charge in [-0.2, -0.15) is 0 Å². The number of hydrogen-bond donors (Lipinski definition) is 1. The van der Waals surface area contributed by atoms with Crippen molar-refractivity contribution in [1.82, 2.24) is 0 Å². The second-order valence-corrected chi connectivity index (χ2v) is 14.2. The maximum Gasteiger partial charge on any atom is 0.247 e. The lowest BCUT2D eigenvalue weighted by Crippen LogP contribution is -2.21. The van der Waals surface area contributed by atoms with Crippen LogP contribution in [0.1, 0.15) is 10.4 Å². The van der Waals surface area contributed by atoms with Gasteiger partial charge in [-0.3, -0.25) is 0 Å². The highest BCUT2D eigenvalue weighted by Gasteiger charge is 2.18. The van der Waals surface area contributed by atoms with Gasteiger partial charge in [0, 0.05) is 25.1 Å². The van der Waals surface area contributed by atoms with Gasteiger partial charge in [-0.15, -0.1) is 11.3 Å². The van der Waals surface area contributed by atoms with E-state index in [1.165, 1.54) is 11.3 Å². The highest BCUT2D eigenvalue weighted by Crippen LogP contribution is 2.26. The number of primary sulfonamides is 1. The Hall–Kier alpha value is -0.213. The van der Waals surface area contributed by atoms with E-state index in [1.54, 1.807) is 0 Å². The van der Waals surface area contributed by atoms with Crippen molar-refractivity contribution >= 4 is 29.4 Å². The van der Waals surface area contributed by atoms with Gasteiger partial charge in [0.1, 0.15) is 4.21 Å². The minimum absolute atomic E-state index is 0.230. The minimum atomic E-state index is -3.63. The summed E-state index contributed by atoms with van der Waals surface area (Å²) < 4.78 is 28.6. The molecule has 0 bridgehead atoms. The Morgan fingerprint density at radius 1 is 1.39 bits per heavy atom. The highest BCUT2D eigenvalue weighted by atomic mass is 32.2. The summed E-state index contributed by atoms with van der Waals surface area (Å²) in [5.74, 6) is 0. The molecule has 104 valence electrons. The summed E-state index contributed by atoms with van der Waals surface area (Å²) in [5.41, 5.74) is 0.676. The van der Waals surface area contributed by atoms with Crippen molar-refractivity contribution in [2.45, 2.75) is 43.4 Å². The molecular formula is C11H21NO3S2Si. The van der Waals surface area contributed by atoms with Crippen molar-refractivity contribution in [2.24, 2.45) is 5.14 Å². The molecule has 0 unspecified atom stereocenters. The van der Waals surface area contributed by atoms with Gasteiger partial charge in [0.05, 0.1) is 6.61 Å². The van der Waals surface area contributed by atoms with E-state index in [0.717, 1.165) is 10.9 Å². The highest BCUT2D eigenvalue weighted by molar-refractivity contribution is 7.91. The molecule has 1 aromatic heterocycles. The molecule has 0 fully saturated rings. The first-order valence-corrected chi connectivity index (χ1v) is 11.9. The van der Waals surface area contributed by atoms with Gasteiger partial charge in [-0.1, -0.05) is 19.6 Å². The Balaban J connectivity index is 2.63. The summed E-state index contributed by atoms with van der Waals surface area (Å²) in [6.07, 6.45) is 0. The van der Waals surface area contributed by atoms with E-state index in [-0.39, 0.29) is 4.21 Å². The minimum Gasteiger partial charge on any atom is -0.377 e. The number of ether oxygens (including phenoxy) is 1. The molecule has 0 aliphatic rings. The zero-order valence-electron chi connectivity index (χ0n) is 11.3. The first kappa shape index (κ1) is 15.8. The third-order valence-electron chi connectivity index (χ3n) is 2.41. The fourth-order valence-electron chi connectivity index (χ4n) is 1.45. The van der Waals surface area contributed by atoms with E-state index in [0.29, 0.717) is 18.8 Å². The van der Waals surface area contributed by atoms with Crippen molar-refractivity contribution in [3.63, 3.8) is 0 Å². The van der Waals surface area contributed by atoms with Gasteiger partial charge >= 0.3 is 0 Å². The van der Waals surface area contributed by atoms with Crippen LogP contribution in [0.25, 0.3) is 0 Å². The van der Waals surface area contributed by atoms with Crippen molar-refractivity contribution in [3.8, 4) is 0 Å². The SMILES string of the molecule is Cc1cc(COCC[Si](C)(C)C)c(S(N)(=O)=O)s1. The molecule has 0 amide bonds. The largest absolute Gasteiger partial charge is 0.377 e. The van der Waals surface area contributed by atoms with Crippen molar-refractivity contribution in [2.75, 3.05) is 6.61 Å². The van der Waals surface area contributed by atoms with Crippen LogP contribution < -0.4 is 5.14 Å². The van der Waals surface area contributed by atoms with Crippen LogP contribution in [0.5, 0.6) is 0 Å². The van der Waals surface area contributed by atoms with E-state index >= 15 is 0 Å². The van der Waals surface area contributed by atoms with Crippen LogP contribution in [0, 0.1) is 6.92 Å². The second-order valence-electron chi connectivity index (χ2n) is 5.58. The topological polar surface area (TPSA) is 69.4 Å². The molecule has 0 radical (unpaired) electrons. The molecule has 1 heterocycles. The third-order valence-corrected chi connectivity index (χ3v) is 6.72.